The van der Waals surface area contributed by atoms with Crippen molar-refractivity contribution in [2.24, 2.45) is 0 Å². The molecule has 0 aromatic heterocycles. The van der Waals surface area contributed by atoms with Crippen LogP contribution in [0.25, 0.3) is 0 Å². The molecule has 0 unspecified atom stereocenters. The van der Waals surface area contributed by atoms with E-state index in [0.717, 1.165) is 16.5 Å². The van der Waals surface area contributed by atoms with Gasteiger partial charge in [-0.1, -0.05) is 15.9 Å². The van der Waals surface area contributed by atoms with E-state index in [1.54, 1.807) is 12.1 Å². The molecule has 0 saturated carbocycles. The number of aryl methyl sites for hydroxylation is 1. The first-order valence-corrected chi connectivity index (χ1v) is 12.0. The van der Waals surface area contributed by atoms with Gasteiger partial charge in [0, 0.05) is 11.0 Å². The highest BCUT2D eigenvalue weighted by Crippen LogP contribution is 2.27. The van der Waals surface area contributed by atoms with E-state index >= 15 is 0 Å². The Kier molecular flexibility index (Phi) is 5.32. The van der Waals surface area contributed by atoms with Crippen LogP contribution in [0, 0.1) is 6.92 Å². The van der Waals surface area contributed by atoms with Crippen LogP contribution in [0.15, 0.2) is 51.8 Å². The topological polar surface area (TPSA) is 83.6 Å². The van der Waals surface area contributed by atoms with Gasteiger partial charge in [0.25, 0.3) is 10.0 Å². The van der Waals surface area contributed by atoms with Crippen LogP contribution in [-0.2, 0) is 20.0 Å². The second-order valence-electron chi connectivity index (χ2n) is 6.15. The van der Waals surface area contributed by atoms with Gasteiger partial charge in [-0.25, -0.2) is 16.8 Å². The molecule has 1 N–H and O–H groups in total. The minimum Gasteiger partial charge on any atom is -0.279 e. The number of nitrogens with zero attached hydrogens (tertiary/aromatic N) is 1. The molecule has 0 spiro atoms. The van der Waals surface area contributed by atoms with Crippen LogP contribution < -0.4 is 9.03 Å². The molecule has 1 aliphatic heterocycles. The number of sulfonamides is 2. The zero-order valence-electron chi connectivity index (χ0n) is 14.1. The lowest BCUT2D eigenvalue weighted by Gasteiger charge is -2.28. The summed E-state index contributed by atoms with van der Waals surface area (Å²) in [5.41, 5.74) is 1.78. The molecule has 9 heteroatoms. The lowest BCUT2D eigenvalue weighted by Crippen LogP contribution is -2.37. The maximum absolute atomic E-state index is 12.6. The van der Waals surface area contributed by atoms with Crippen LogP contribution in [-0.4, -0.2) is 29.1 Å². The van der Waals surface area contributed by atoms with Gasteiger partial charge in [0.05, 0.1) is 22.0 Å². The van der Waals surface area contributed by atoms with Crippen molar-refractivity contribution in [2.45, 2.75) is 24.7 Å². The number of rotatable bonds is 4. The van der Waals surface area contributed by atoms with Gasteiger partial charge in [0.1, 0.15) is 0 Å². The minimum atomic E-state index is -3.76. The van der Waals surface area contributed by atoms with Crippen molar-refractivity contribution in [3.05, 3.63) is 52.5 Å². The molecule has 140 valence electrons. The highest BCUT2D eigenvalue weighted by atomic mass is 79.9. The van der Waals surface area contributed by atoms with Gasteiger partial charge in [-0.2, -0.15) is 0 Å². The average Bonchev–Trinajstić information content (AvgIpc) is 2.57. The summed E-state index contributed by atoms with van der Waals surface area (Å²) in [5.74, 6) is 0.122. The Hall–Kier alpha value is -1.58. The molecule has 1 fully saturated rings. The molecule has 0 bridgehead atoms. The summed E-state index contributed by atoms with van der Waals surface area (Å²) in [7, 11) is -7.08. The SMILES string of the molecule is Cc1cc(Br)ccc1NS(=O)(=O)c1ccc(N2CCCCS2(=O)=O)cc1. The molecule has 2 aromatic carbocycles. The Morgan fingerprint density at radius 3 is 2.38 bits per heavy atom. The second-order valence-corrected chi connectivity index (χ2v) is 10.8. The molecular formula is C17H19BrN2O4S2. The fraction of sp³-hybridized carbons (Fsp3) is 0.294. The van der Waals surface area contributed by atoms with Crippen LogP contribution in [0.3, 0.4) is 0 Å². The van der Waals surface area contributed by atoms with Gasteiger partial charge >= 0.3 is 0 Å². The predicted molar refractivity (Wildman–Crippen MR) is 106 cm³/mol. The molecule has 3 rings (SSSR count). The van der Waals surface area contributed by atoms with Crippen molar-refractivity contribution in [3.8, 4) is 0 Å². The monoisotopic (exact) mass is 458 g/mol. The Morgan fingerprint density at radius 2 is 1.77 bits per heavy atom. The molecule has 26 heavy (non-hydrogen) atoms. The number of hydrogen-bond acceptors (Lipinski definition) is 4. The van der Waals surface area contributed by atoms with E-state index < -0.39 is 20.0 Å². The lowest BCUT2D eigenvalue weighted by molar-refractivity contribution is 0.574. The molecule has 0 amide bonds. The maximum atomic E-state index is 12.6. The molecule has 1 aliphatic rings. The summed E-state index contributed by atoms with van der Waals surface area (Å²) in [4.78, 5) is 0.0815. The molecule has 2 aromatic rings. The molecule has 0 aliphatic carbocycles. The highest BCUT2D eigenvalue weighted by molar-refractivity contribution is 9.10. The first kappa shape index (κ1) is 19.2. The Morgan fingerprint density at radius 1 is 1.08 bits per heavy atom. The van der Waals surface area contributed by atoms with Crippen molar-refractivity contribution in [2.75, 3.05) is 21.3 Å². The Balaban J connectivity index is 1.85. The normalized spacial score (nSPS) is 17.1. The summed E-state index contributed by atoms with van der Waals surface area (Å²) in [5, 5.41) is 0. The molecule has 1 heterocycles. The van der Waals surface area contributed by atoms with E-state index in [-0.39, 0.29) is 10.6 Å². The predicted octanol–water partition coefficient (Wildman–Crippen LogP) is 3.49. The Bertz CT molecular complexity index is 1020. The van der Waals surface area contributed by atoms with Crippen LogP contribution in [0.1, 0.15) is 18.4 Å². The van der Waals surface area contributed by atoms with Crippen molar-refractivity contribution in [3.63, 3.8) is 0 Å². The average molecular weight is 459 g/mol. The first-order valence-electron chi connectivity index (χ1n) is 8.08. The summed E-state index contributed by atoms with van der Waals surface area (Å²) < 4.78 is 54.3. The number of hydrogen-bond donors (Lipinski definition) is 1. The third kappa shape index (κ3) is 4.05. The van der Waals surface area contributed by atoms with Crippen LogP contribution in [0.2, 0.25) is 0 Å². The van der Waals surface area contributed by atoms with Crippen molar-refractivity contribution < 1.29 is 16.8 Å². The van der Waals surface area contributed by atoms with Crippen molar-refractivity contribution in [1.82, 2.24) is 0 Å². The third-order valence-corrected chi connectivity index (χ3v) is 7.96. The maximum Gasteiger partial charge on any atom is 0.261 e. The van der Waals surface area contributed by atoms with E-state index in [2.05, 4.69) is 20.7 Å². The summed E-state index contributed by atoms with van der Waals surface area (Å²) in [6.07, 6.45) is 1.45. The lowest BCUT2D eigenvalue weighted by atomic mass is 10.2. The molecule has 1 saturated heterocycles. The quantitative estimate of drug-likeness (QED) is 0.759. The fourth-order valence-corrected chi connectivity index (χ4v) is 6.06. The largest absolute Gasteiger partial charge is 0.279 e. The standard InChI is InChI=1S/C17H19BrN2O4S2/c1-13-12-14(18)4-9-17(13)19-26(23,24)16-7-5-15(6-8-16)20-10-2-3-11-25(20,21)22/h4-9,12,19H,2-3,10-11H2,1H3. The van der Waals surface area contributed by atoms with Gasteiger partial charge in [0.15, 0.2) is 0 Å². The molecule has 6 nitrogen and oxygen atoms in total. The molecule has 0 radical (unpaired) electrons. The zero-order chi connectivity index (χ0) is 18.9. The second kappa shape index (κ2) is 7.21. The minimum absolute atomic E-state index is 0.0815. The van der Waals surface area contributed by atoms with Crippen LogP contribution in [0.5, 0.6) is 0 Å². The van der Waals surface area contributed by atoms with E-state index in [9.17, 15) is 16.8 Å². The molecule has 0 atom stereocenters. The smallest absolute Gasteiger partial charge is 0.261 e. The van der Waals surface area contributed by atoms with E-state index in [0.29, 0.717) is 24.3 Å². The van der Waals surface area contributed by atoms with Crippen LogP contribution >= 0.6 is 15.9 Å². The fourth-order valence-electron chi connectivity index (χ4n) is 2.82. The first-order chi connectivity index (χ1) is 12.2. The highest BCUT2D eigenvalue weighted by Gasteiger charge is 2.26. The molecular weight excluding hydrogens is 440 g/mol. The zero-order valence-corrected chi connectivity index (χ0v) is 17.4. The summed E-state index contributed by atoms with van der Waals surface area (Å²) in [6, 6.07) is 11.2. The van der Waals surface area contributed by atoms with Crippen LogP contribution in [0.4, 0.5) is 11.4 Å². The third-order valence-electron chi connectivity index (χ3n) is 4.22. The number of halogens is 1. The van der Waals surface area contributed by atoms with Crippen molar-refractivity contribution >= 4 is 47.4 Å². The van der Waals surface area contributed by atoms with Crippen molar-refractivity contribution in [1.29, 1.82) is 0 Å². The van der Waals surface area contributed by atoms with E-state index in [1.165, 1.54) is 28.6 Å². The summed E-state index contributed by atoms with van der Waals surface area (Å²) >= 11 is 3.34. The Labute approximate surface area is 162 Å². The summed E-state index contributed by atoms with van der Waals surface area (Å²) in [6.45, 7) is 2.23. The number of benzene rings is 2. The number of nitrogens with one attached hydrogen (secondary N) is 1. The van der Waals surface area contributed by atoms with Gasteiger partial charge < -0.3 is 0 Å². The van der Waals surface area contributed by atoms with Gasteiger partial charge in [-0.3, -0.25) is 9.03 Å². The van der Waals surface area contributed by atoms with E-state index in [1.807, 2.05) is 13.0 Å². The van der Waals surface area contributed by atoms with E-state index in [4.69, 9.17) is 0 Å². The number of anilines is 2. The van der Waals surface area contributed by atoms with Gasteiger partial charge in [-0.15, -0.1) is 0 Å². The van der Waals surface area contributed by atoms with Gasteiger partial charge in [-0.05, 0) is 67.8 Å². The van der Waals surface area contributed by atoms with Gasteiger partial charge in [0.2, 0.25) is 10.0 Å².